The molecule has 8 nitrogen and oxygen atoms in total. The lowest BCUT2D eigenvalue weighted by Crippen LogP contribution is -2.61. The van der Waals surface area contributed by atoms with Gasteiger partial charge in [-0.15, -0.1) is 0 Å². The molecule has 3 aromatic carbocycles. The normalized spacial score (nSPS) is 23.9. The smallest absolute Gasteiger partial charge is 0.337 e. The largest absolute Gasteiger partial charge is 0.489 e. The van der Waals surface area contributed by atoms with Gasteiger partial charge >= 0.3 is 5.97 Å². The van der Waals surface area contributed by atoms with E-state index in [1.54, 1.807) is 12.1 Å². The summed E-state index contributed by atoms with van der Waals surface area (Å²) in [5.74, 6) is 0.295. The van der Waals surface area contributed by atoms with Crippen LogP contribution in [0.2, 0.25) is 0 Å². The van der Waals surface area contributed by atoms with E-state index in [2.05, 4.69) is 4.74 Å². The Kier molecular flexibility index (Phi) is 7.99. The van der Waals surface area contributed by atoms with Crippen molar-refractivity contribution in [2.75, 3.05) is 7.11 Å². The molecular weight excluding hydrogens is 452 g/mol. The minimum absolute atomic E-state index is 0.370. The molecule has 5 atom stereocenters. The average Bonchev–Trinajstić information content (AvgIpc) is 2.90. The van der Waals surface area contributed by atoms with Gasteiger partial charge in [-0.2, -0.15) is 0 Å². The second kappa shape index (κ2) is 11.3. The zero-order valence-corrected chi connectivity index (χ0v) is 19.2. The molecule has 3 N–H and O–H groups in total. The Bertz CT molecular complexity index is 1080. The van der Waals surface area contributed by atoms with Gasteiger partial charge in [0.2, 0.25) is 6.29 Å². The van der Waals surface area contributed by atoms with Gasteiger partial charge in [-0.25, -0.2) is 4.79 Å². The van der Waals surface area contributed by atoms with Gasteiger partial charge in [0.1, 0.15) is 36.4 Å². The molecule has 1 fully saturated rings. The first-order chi connectivity index (χ1) is 16.9. The number of aliphatic hydroxyl groups excluding tert-OH is 3. The third-order valence-corrected chi connectivity index (χ3v) is 5.76. The zero-order valence-electron chi connectivity index (χ0n) is 19.2. The van der Waals surface area contributed by atoms with Gasteiger partial charge in [-0.05, 0) is 47.4 Å². The first-order valence-electron chi connectivity index (χ1n) is 11.2. The second-order valence-corrected chi connectivity index (χ2v) is 8.28. The minimum atomic E-state index is -1.63. The molecule has 1 aliphatic heterocycles. The van der Waals surface area contributed by atoms with Gasteiger partial charge in [-0.1, -0.05) is 54.6 Å². The molecule has 1 aliphatic rings. The number of hydrogen-bond donors (Lipinski definition) is 3. The lowest BCUT2D eigenvalue weighted by molar-refractivity contribution is -0.271. The van der Waals surface area contributed by atoms with E-state index in [-0.39, 0.29) is 0 Å². The number of hydrogen-bond acceptors (Lipinski definition) is 8. The molecule has 35 heavy (non-hydrogen) atoms. The number of esters is 1. The van der Waals surface area contributed by atoms with E-state index < -0.39 is 36.7 Å². The van der Waals surface area contributed by atoms with Crippen LogP contribution in [-0.4, -0.2) is 59.1 Å². The van der Waals surface area contributed by atoms with Crippen molar-refractivity contribution in [2.45, 2.75) is 43.7 Å². The monoisotopic (exact) mass is 480 g/mol. The summed E-state index contributed by atoms with van der Waals surface area (Å²) in [7, 11) is 1.13. The van der Waals surface area contributed by atoms with Crippen molar-refractivity contribution in [3.05, 3.63) is 95.6 Å². The standard InChI is InChI=1S/C27H28O8/c1-32-26(31)25-23(29)22(28)24(30)27(35-25)34-21-13-9-18(10-14-21)15-17-7-11-20(12-8-17)33-16-19-5-3-2-4-6-19/h2-14,22-25,27-30H,15-16H2,1H3. The molecule has 4 rings (SSSR count). The Labute approximate surface area is 203 Å². The van der Waals surface area contributed by atoms with Gasteiger partial charge < -0.3 is 34.3 Å². The van der Waals surface area contributed by atoms with E-state index in [0.717, 1.165) is 29.5 Å². The molecule has 0 saturated carbocycles. The first kappa shape index (κ1) is 24.7. The summed E-state index contributed by atoms with van der Waals surface area (Å²) < 4.78 is 21.4. The summed E-state index contributed by atoms with van der Waals surface area (Å²) in [6.45, 7) is 0.511. The maximum atomic E-state index is 11.8. The van der Waals surface area contributed by atoms with Crippen molar-refractivity contribution in [3.8, 4) is 11.5 Å². The predicted molar refractivity (Wildman–Crippen MR) is 126 cm³/mol. The number of aliphatic hydroxyl groups is 3. The molecule has 0 radical (unpaired) electrons. The summed E-state index contributed by atoms with van der Waals surface area (Å²) in [6.07, 6.45) is -6.94. The second-order valence-electron chi connectivity index (χ2n) is 8.28. The first-order valence-corrected chi connectivity index (χ1v) is 11.2. The number of carbonyl (C=O) groups excluding carboxylic acids is 1. The van der Waals surface area contributed by atoms with E-state index in [1.165, 1.54) is 0 Å². The van der Waals surface area contributed by atoms with Crippen LogP contribution in [0.15, 0.2) is 78.9 Å². The molecule has 8 heteroatoms. The quantitative estimate of drug-likeness (QED) is 0.421. The van der Waals surface area contributed by atoms with Gasteiger partial charge in [0.15, 0.2) is 6.10 Å². The highest BCUT2D eigenvalue weighted by atomic mass is 16.7. The summed E-state index contributed by atoms with van der Waals surface area (Å²) in [5.41, 5.74) is 3.25. The van der Waals surface area contributed by atoms with E-state index in [4.69, 9.17) is 14.2 Å². The van der Waals surface area contributed by atoms with Crippen LogP contribution >= 0.6 is 0 Å². The number of carbonyl (C=O) groups is 1. The molecule has 1 saturated heterocycles. The molecule has 0 amide bonds. The Balaban J connectivity index is 1.33. The third kappa shape index (κ3) is 6.17. The minimum Gasteiger partial charge on any atom is -0.489 e. The number of methoxy groups -OCH3 is 1. The van der Waals surface area contributed by atoms with Crippen molar-refractivity contribution in [2.24, 2.45) is 0 Å². The van der Waals surface area contributed by atoms with Gasteiger partial charge in [0.25, 0.3) is 0 Å². The van der Waals surface area contributed by atoms with Crippen LogP contribution in [0.1, 0.15) is 16.7 Å². The summed E-state index contributed by atoms with van der Waals surface area (Å²) in [6, 6.07) is 25.0. The fourth-order valence-corrected chi connectivity index (χ4v) is 3.76. The summed E-state index contributed by atoms with van der Waals surface area (Å²) >= 11 is 0. The Hall–Kier alpha value is -3.43. The van der Waals surface area contributed by atoms with Crippen LogP contribution in [0.3, 0.4) is 0 Å². The molecule has 3 aromatic rings. The van der Waals surface area contributed by atoms with Gasteiger partial charge in [-0.3, -0.25) is 0 Å². The van der Waals surface area contributed by atoms with Crippen LogP contribution in [0.4, 0.5) is 0 Å². The lowest BCUT2D eigenvalue weighted by Gasteiger charge is -2.38. The van der Waals surface area contributed by atoms with Crippen molar-refractivity contribution >= 4 is 5.97 Å². The molecule has 1 heterocycles. The number of rotatable bonds is 8. The molecule has 0 aromatic heterocycles. The van der Waals surface area contributed by atoms with Gasteiger partial charge in [0, 0.05) is 0 Å². The maximum absolute atomic E-state index is 11.8. The number of ether oxygens (including phenoxy) is 4. The Morgan fingerprint density at radius 1 is 0.771 bits per heavy atom. The zero-order chi connectivity index (χ0) is 24.8. The fourth-order valence-electron chi connectivity index (χ4n) is 3.76. The molecule has 0 aliphatic carbocycles. The van der Waals surface area contributed by atoms with Crippen LogP contribution in [0, 0.1) is 0 Å². The third-order valence-electron chi connectivity index (χ3n) is 5.76. The van der Waals surface area contributed by atoms with Crippen molar-refractivity contribution in [1.82, 2.24) is 0 Å². The van der Waals surface area contributed by atoms with Crippen molar-refractivity contribution in [1.29, 1.82) is 0 Å². The van der Waals surface area contributed by atoms with Gasteiger partial charge in [0.05, 0.1) is 7.11 Å². The van der Waals surface area contributed by atoms with E-state index in [1.807, 2.05) is 66.7 Å². The number of benzene rings is 3. The van der Waals surface area contributed by atoms with E-state index >= 15 is 0 Å². The summed E-state index contributed by atoms with van der Waals surface area (Å²) in [4.78, 5) is 11.8. The highest BCUT2D eigenvalue weighted by Crippen LogP contribution is 2.26. The topological polar surface area (TPSA) is 115 Å². The maximum Gasteiger partial charge on any atom is 0.337 e. The highest BCUT2D eigenvalue weighted by Gasteiger charge is 2.48. The van der Waals surface area contributed by atoms with E-state index in [9.17, 15) is 20.1 Å². The van der Waals surface area contributed by atoms with Crippen LogP contribution in [0.25, 0.3) is 0 Å². The predicted octanol–water partition coefficient (Wildman–Crippen LogP) is 2.22. The average molecular weight is 481 g/mol. The van der Waals surface area contributed by atoms with Crippen LogP contribution in [-0.2, 0) is 27.3 Å². The summed E-state index contributed by atoms with van der Waals surface area (Å²) in [5, 5.41) is 30.2. The highest BCUT2D eigenvalue weighted by molar-refractivity contribution is 5.75. The van der Waals surface area contributed by atoms with Crippen molar-refractivity contribution in [3.63, 3.8) is 0 Å². The van der Waals surface area contributed by atoms with Crippen LogP contribution < -0.4 is 9.47 Å². The molecule has 5 unspecified atom stereocenters. The molecule has 0 bridgehead atoms. The SMILES string of the molecule is COC(=O)C1OC(Oc2ccc(Cc3ccc(OCc4ccccc4)cc3)cc2)C(O)C(O)C1O. The fraction of sp³-hybridized carbons (Fsp3) is 0.296. The molecule has 184 valence electrons. The van der Waals surface area contributed by atoms with Crippen LogP contribution in [0.5, 0.6) is 11.5 Å². The molecular formula is C27H28O8. The van der Waals surface area contributed by atoms with E-state index in [0.29, 0.717) is 18.8 Å². The Morgan fingerprint density at radius 3 is 1.97 bits per heavy atom. The van der Waals surface area contributed by atoms with Crippen molar-refractivity contribution < 1.29 is 39.1 Å². The Morgan fingerprint density at radius 2 is 1.37 bits per heavy atom. The lowest BCUT2D eigenvalue weighted by atomic mass is 9.99. The molecule has 0 spiro atoms.